The maximum Gasteiger partial charge on any atom is 0.317 e. The molecule has 2 fully saturated rings. The van der Waals surface area contributed by atoms with Crippen LogP contribution in [0.3, 0.4) is 0 Å². The predicted molar refractivity (Wildman–Crippen MR) is 126 cm³/mol. The van der Waals surface area contributed by atoms with Crippen LogP contribution in [0.2, 0.25) is 10.0 Å². The zero-order valence-electron chi connectivity index (χ0n) is 17.8. The molecule has 1 atom stereocenters. The highest BCUT2D eigenvalue weighted by molar-refractivity contribution is 6.43. The lowest BCUT2D eigenvalue weighted by Gasteiger charge is -2.37. The number of anilines is 1. The van der Waals surface area contributed by atoms with E-state index >= 15 is 0 Å². The van der Waals surface area contributed by atoms with E-state index in [9.17, 15) is 4.79 Å². The number of piperidine rings is 1. The van der Waals surface area contributed by atoms with Crippen molar-refractivity contribution in [3.05, 3.63) is 40.0 Å². The van der Waals surface area contributed by atoms with Gasteiger partial charge in [-0.15, -0.1) is 0 Å². The number of halogens is 2. The van der Waals surface area contributed by atoms with Crippen molar-refractivity contribution in [2.45, 2.75) is 32.1 Å². The Balaban J connectivity index is 1.24. The van der Waals surface area contributed by atoms with Crippen LogP contribution in [0.25, 0.3) is 0 Å². The Labute approximate surface area is 194 Å². The third-order valence-electron chi connectivity index (χ3n) is 6.50. The Bertz CT molecular complexity index is 881. The molecule has 0 saturated carbocycles. The first-order valence-electron chi connectivity index (χ1n) is 11.1. The second kappa shape index (κ2) is 9.77. The van der Waals surface area contributed by atoms with Crippen molar-refractivity contribution in [2.75, 3.05) is 50.7 Å². The number of nitrogens with two attached hydrogens (primary N) is 1. The topological polar surface area (TPSA) is 74.0 Å². The lowest BCUT2D eigenvalue weighted by molar-refractivity contribution is -0.901. The Morgan fingerprint density at radius 2 is 1.97 bits per heavy atom. The van der Waals surface area contributed by atoms with Gasteiger partial charge in [0, 0.05) is 45.1 Å². The number of unbranched alkanes of at least 4 members (excludes halogenated alkanes) is 1. The van der Waals surface area contributed by atoms with Crippen LogP contribution >= 0.6 is 23.2 Å². The van der Waals surface area contributed by atoms with Gasteiger partial charge in [0.15, 0.2) is 5.84 Å². The summed E-state index contributed by atoms with van der Waals surface area (Å²) in [6.07, 6.45) is 7.65. The third-order valence-corrected chi connectivity index (χ3v) is 7.30. The Kier molecular flexibility index (Phi) is 7.06. The van der Waals surface area contributed by atoms with E-state index in [1.165, 1.54) is 18.5 Å². The van der Waals surface area contributed by atoms with Crippen molar-refractivity contribution in [3.63, 3.8) is 0 Å². The molecule has 2 amide bonds. The number of amides is 2. The number of allylic oxidation sites excluding steroid dienone is 1. The summed E-state index contributed by atoms with van der Waals surface area (Å²) in [5.74, 6) is 0.611. The number of carbonyl (C=O) groups excluding carboxylic acids is 1. The maximum atomic E-state index is 11.2. The van der Waals surface area contributed by atoms with Crippen molar-refractivity contribution in [1.29, 1.82) is 0 Å². The highest BCUT2D eigenvalue weighted by atomic mass is 35.5. The smallest absolute Gasteiger partial charge is 0.317 e. The second-order valence-corrected chi connectivity index (χ2v) is 9.33. The average molecular weight is 466 g/mol. The molecule has 4 rings (SSSR count). The summed E-state index contributed by atoms with van der Waals surface area (Å²) in [4.78, 5) is 16.1. The number of hydrogen-bond acceptors (Lipinski definition) is 4. The van der Waals surface area contributed by atoms with Crippen LogP contribution in [0.5, 0.6) is 0 Å². The highest BCUT2D eigenvalue weighted by Gasteiger charge is 2.40. The number of primary amides is 1. The molecule has 2 saturated heterocycles. The van der Waals surface area contributed by atoms with Crippen LogP contribution < -0.4 is 16.0 Å². The average Bonchev–Trinajstić information content (AvgIpc) is 3.11. The SMILES string of the molecule is NC(=O)NC1=N[N+]2(CCCCN3CCN(c4cccc(Cl)c4Cl)CC3)CCCCC2=C1. The van der Waals surface area contributed by atoms with Crippen LogP contribution in [0.1, 0.15) is 32.1 Å². The molecule has 0 aliphatic carbocycles. The molecule has 3 N–H and O–H groups in total. The fraction of sp³-hybridized carbons (Fsp3) is 0.545. The van der Waals surface area contributed by atoms with E-state index in [2.05, 4.69) is 15.1 Å². The minimum atomic E-state index is -0.549. The monoisotopic (exact) mass is 465 g/mol. The van der Waals surface area contributed by atoms with Gasteiger partial charge in [-0.2, -0.15) is 4.59 Å². The molecule has 3 aliphatic rings. The predicted octanol–water partition coefficient (Wildman–Crippen LogP) is 3.78. The lowest BCUT2D eigenvalue weighted by atomic mass is 10.1. The van der Waals surface area contributed by atoms with Crippen molar-refractivity contribution in [1.82, 2.24) is 10.2 Å². The van der Waals surface area contributed by atoms with Crippen molar-refractivity contribution >= 4 is 40.8 Å². The van der Waals surface area contributed by atoms with E-state index < -0.39 is 6.03 Å². The zero-order chi connectivity index (χ0) is 21.8. The van der Waals surface area contributed by atoms with E-state index in [1.54, 1.807) is 0 Å². The number of carbonyl (C=O) groups is 1. The number of quaternary nitrogens is 1. The van der Waals surface area contributed by atoms with Gasteiger partial charge in [-0.25, -0.2) is 4.79 Å². The Hall–Kier alpha value is -1.80. The molecule has 9 heteroatoms. The molecule has 0 spiro atoms. The van der Waals surface area contributed by atoms with Gasteiger partial charge in [0.05, 0.1) is 15.7 Å². The first-order valence-corrected chi connectivity index (χ1v) is 11.9. The standard InChI is InChI=1S/C22H30Cl2N6O/c23-18-7-5-8-19(21(18)24)29-12-10-28(11-13-29)9-2-4-15-30-14-3-1-6-17(30)16-20(27-30)26-22(25)31/h5,7-8,16H,1-4,6,9-15H2,(H2-,25,26,27,31)/p+1. The van der Waals surface area contributed by atoms with Gasteiger partial charge in [0.25, 0.3) is 0 Å². The summed E-state index contributed by atoms with van der Waals surface area (Å²) in [5, 5.41) is 8.74. The zero-order valence-corrected chi connectivity index (χ0v) is 19.3. The van der Waals surface area contributed by atoms with Crippen molar-refractivity contribution in [3.8, 4) is 0 Å². The van der Waals surface area contributed by atoms with Gasteiger partial charge in [-0.1, -0.05) is 34.4 Å². The lowest BCUT2D eigenvalue weighted by Crippen LogP contribution is -2.47. The number of nitrogens with zero attached hydrogens (tertiary/aromatic N) is 4. The Morgan fingerprint density at radius 1 is 1.16 bits per heavy atom. The molecular formula is C22H31Cl2N6O+. The molecule has 3 heterocycles. The molecule has 1 aromatic rings. The minimum Gasteiger partial charge on any atom is -0.368 e. The summed E-state index contributed by atoms with van der Waals surface area (Å²) in [6.45, 7) is 7.05. The van der Waals surface area contributed by atoms with E-state index in [4.69, 9.17) is 34.0 Å². The largest absolute Gasteiger partial charge is 0.368 e. The van der Waals surface area contributed by atoms with Crippen LogP contribution in [-0.2, 0) is 0 Å². The molecule has 1 unspecified atom stereocenters. The minimum absolute atomic E-state index is 0.549. The van der Waals surface area contributed by atoms with Crippen molar-refractivity contribution < 1.29 is 9.39 Å². The van der Waals surface area contributed by atoms with Crippen LogP contribution in [-0.4, -0.2) is 67.2 Å². The Morgan fingerprint density at radius 3 is 2.74 bits per heavy atom. The van der Waals surface area contributed by atoms with Crippen LogP contribution in [0.15, 0.2) is 35.1 Å². The summed E-state index contributed by atoms with van der Waals surface area (Å²) in [5.41, 5.74) is 7.62. The van der Waals surface area contributed by atoms with Gasteiger partial charge < -0.3 is 10.6 Å². The van der Waals surface area contributed by atoms with Crippen LogP contribution in [0, 0.1) is 0 Å². The maximum absolute atomic E-state index is 11.2. The number of urea groups is 1. The summed E-state index contributed by atoms with van der Waals surface area (Å²) < 4.78 is 0.649. The summed E-state index contributed by atoms with van der Waals surface area (Å²) >= 11 is 12.6. The van der Waals surface area contributed by atoms with Gasteiger partial charge in [0.2, 0.25) is 0 Å². The molecule has 168 valence electrons. The molecule has 7 nitrogen and oxygen atoms in total. The first-order chi connectivity index (χ1) is 15.0. The molecule has 0 bridgehead atoms. The fourth-order valence-electron chi connectivity index (χ4n) is 4.88. The van der Waals surface area contributed by atoms with E-state index in [1.807, 2.05) is 24.3 Å². The van der Waals surface area contributed by atoms with E-state index in [-0.39, 0.29) is 0 Å². The van der Waals surface area contributed by atoms with E-state index in [0.29, 0.717) is 20.5 Å². The number of fused-ring (bicyclic) bond motifs is 1. The summed E-state index contributed by atoms with van der Waals surface area (Å²) in [6, 6.07) is 5.28. The highest BCUT2D eigenvalue weighted by Crippen LogP contribution is 2.35. The molecule has 0 radical (unpaired) electrons. The second-order valence-electron chi connectivity index (χ2n) is 8.55. The first kappa shape index (κ1) is 22.4. The number of piperazine rings is 1. The summed E-state index contributed by atoms with van der Waals surface area (Å²) in [7, 11) is 0. The molecule has 3 aliphatic heterocycles. The van der Waals surface area contributed by atoms with Gasteiger partial charge in [-0.3, -0.25) is 10.2 Å². The molecule has 31 heavy (non-hydrogen) atoms. The van der Waals surface area contributed by atoms with E-state index in [0.717, 1.165) is 70.8 Å². The normalized spacial score (nSPS) is 23.9. The number of benzene rings is 1. The quantitative estimate of drug-likeness (QED) is 0.495. The fourth-order valence-corrected chi connectivity index (χ4v) is 5.30. The number of hydrogen-bond donors (Lipinski definition) is 2. The van der Waals surface area contributed by atoms with Crippen molar-refractivity contribution in [2.24, 2.45) is 10.8 Å². The van der Waals surface area contributed by atoms with Gasteiger partial charge in [-0.05, 0) is 37.9 Å². The third kappa shape index (κ3) is 5.17. The van der Waals surface area contributed by atoms with Gasteiger partial charge >= 0.3 is 6.03 Å². The number of amidine groups is 1. The molecule has 0 aromatic heterocycles. The molecule has 1 aromatic carbocycles. The molecular weight excluding hydrogens is 435 g/mol. The number of rotatable bonds is 6. The van der Waals surface area contributed by atoms with Crippen LogP contribution in [0.4, 0.5) is 10.5 Å². The van der Waals surface area contributed by atoms with Gasteiger partial charge in [0.1, 0.15) is 18.8 Å². The number of nitrogens with one attached hydrogen (secondary N) is 1.